The lowest BCUT2D eigenvalue weighted by molar-refractivity contribution is 1.02. The first-order valence-corrected chi connectivity index (χ1v) is 5.65. The highest BCUT2D eigenvalue weighted by atomic mass is 14.4. The summed E-state index contributed by atoms with van der Waals surface area (Å²) < 4.78 is 0. The van der Waals surface area contributed by atoms with E-state index in [2.05, 4.69) is 24.8 Å². The molecule has 0 amide bonds. The molecule has 2 aliphatic carbocycles. The van der Waals surface area contributed by atoms with Crippen LogP contribution >= 0.6 is 0 Å². The third-order valence-electron chi connectivity index (χ3n) is 3.40. The maximum atomic E-state index is 3.92. The predicted octanol–water partition coefficient (Wildman–Crippen LogP) is 4.08. The summed E-state index contributed by atoms with van der Waals surface area (Å²) in [5.74, 6) is 1.74. The number of hydrogen-bond acceptors (Lipinski definition) is 0. The van der Waals surface area contributed by atoms with Gasteiger partial charge >= 0.3 is 0 Å². The van der Waals surface area contributed by atoms with E-state index in [0.717, 1.165) is 11.8 Å². The van der Waals surface area contributed by atoms with Crippen molar-refractivity contribution in [2.75, 3.05) is 0 Å². The van der Waals surface area contributed by atoms with Crippen molar-refractivity contribution in [3.05, 3.63) is 41.5 Å². The summed E-state index contributed by atoms with van der Waals surface area (Å²) in [4.78, 5) is 0. The molecule has 0 bridgehead atoms. The Morgan fingerprint density at radius 1 is 1.07 bits per heavy atom. The van der Waals surface area contributed by atoms with Crippen molar-refractivity contribution in [3.8, 4) is 0 Å². The SMILES string of the molecule is C=Cc1cccc(C2CC2)c1C1CC1. The quantitative estimate of drug-likeness (QED) is 0.664. The maximum Gasteiger partial charge on any atom is -0.0153 e. The van der Waals surface area contributed by atoms with Gasteiger partial charge in [0.1, 0.15) is 0 Å². The Kier molecular flexibility index (Phi) is 1.76. The zero-order valence-corrected chi connectivity index (χ0v) is 8.50. The van der Waals surface area contributed by atoms with E-state index in [1.165, 1.54) is 31.2 Å². The summed E-state index contributed by atoms with van der Waals surface area (Å²) in [5.41, 5.74) is 4.65. The van der Waals surface area contributed by atoms with E-state index < -0.39 is 0 Å². The molecule has 1 aromatic rings. The van der Waals surface area contributed by atoms with Crippen LogP contribution in [-0.2, 0) is 0 Å². The van der Waals surface area contributed by atoms with E-state index in [0.29, 0.717) is 0 Å². The van der Waals surface area contributed by atoms with E-state index in [-0.39, 0.29) is 0 Å². The minimum Gasteiger partial charge on any atom is -0.0985 e. The molecule has 2 fully saturated rings. The molecule has 0 heterocycles. The molecule has 0 heteroatoms. The summed E-state index contributed by atoms with van der Waals surface area (Å²) in [7, 11) is 0. The first-order chi connectivity index (χ1) is 6.90. The Balaban J connectivity index is 2.11. The normalized spacial score (nSPS) is 20.9. The van der Waals surface area contributed by atoms with Crippen molar-refractivity contribution in [1.29, 1.82) is 0 Å². The first-order valence-electron chi connectivity index (χ1n) is 5.65. The molecule has 3 rings (SSSR count). The van der Waals surface area contributed by atoms with E-state index >= 15 is 0 Å². The lowest BCUT2D eigenvalue weighted by Crippen LogP contribution is -1.93. The van der Waals surface area contributed by atoms with Crippen LogP contribution in [0.5, 0.6) is 0 Å². The zero-order chi connectivity index (χ0) is 9.54. The fourth-order valence-corrected chi connectivity index (χ4v) is 2.37. The Hall–Kier alpha value is -1.04. The minimum absolute atomic E-state index is 0.861. The summed E-state index contributed by atoms with van der Waals surface area (Å²) in [6.45, 7) is 3.92. The lowest BCUT2D eigenvalue weighted by atomic mass is 9.94. The molecule has 0 aromatic heterocycles. The van der Waals surface area contributed by atoms with Gasteiger partial charge in [-0.15, -0.1) is 0 Å². The van der Waals surface area contributed by atoms with Crippen molar-refractivity contribution in [3.63, 3.8) is 0 Å². The highest BCUT2D eigenvalue weighted by Crippen LogP contribution is 2.50. The molecule has 0 saturated heterocycles. The van der Waals surface area contributed by atoms with E-state index in [9.17, 15) is 0 Å². The molecule has 0 aliphatic heterocycles. The molecular weight excluding hydrogens is 168 g/mol. The van der Waals surface area contributed by atoms with Crippen LogP contribution in [0.4, 0.5) is 0 Å². The number of hydrogen-bond donors (Lipinski definition) is 0. The van der Waals surface area contributed by atoms with E-state index in [1.54, 1.807) is 11.1 Å². The second-order valence-electron chi connectivity index (χ2n) is 4.60. The molecule has 1 aromatic carbocycles. The molecule has 0 radical (unpaired) electrons. The van der Waals surface area contributed by atoms with Crippen LogP contribution in [0, 0.1) is 0 Å². The molecular formula is C14H16. The molecule has 2 saturated carbocycles. The van der Waals surface area contributed by atoms with Gasteiger partial charge in [-0.2, -0.15) is 0 Å². The van der Waals surface area contributed by atoms with Crippen LogP contribution in [0.25, 0.3) is 6.08 Å². The van der Waals surface area contributed by atoms with Crippen molar-refractivity contribution in [1.82, 2.24) is 0 Å². The summed E-state index contributed by atoms with van der Waals surface area (Å²) in [6.07, 6.45) is 7.62. The lowest BCUT2D eigenvalue weighted by Gasteiger charge is -2.11. The van der Waals surface area contributed by atoms with E-state index in [1.807, 2.05) is 6.08 Å². The molecule has 72 valence electrons. The number of rotatable bonds is 3. The monoisotopic (exact) mass is 184 g/mol. The molecule has 0 atom stereocenters. The second-order valence-corrected chi connectivity index (χ2v) is 4.60. The number of benzene rings is 1. The third-order valence-corrected chi connectivity index (χ3v) is 3.40. The summed E-state index contributed by atoms with van der Waals surface area (Å²) >= 11 is 0. The van der Waals surface area contributed by atoms with Gasteiger partial charge in [0.2, 0.25) is 0 Å². The molecule has 0 N–H and O–H groups in total. The average molecular weight is 184 g/mol. The summed E-state index contributed by atoms with van der Waals surface area (Å²) in [5, 5.41) is 0. The van der Waals surface area contributed by atoms with Crippen molar-refractivity contribution in [2.24, 2.45) is 0 Å². The van der Waals surface area contributed by atoms with Crippen LogP contribution in [0.3, 0.4) is 0 Å². The van der Waals surface area contributed by atoms with Crippen LogP contribution in [0.2, 0.25) is 0 Å². The Labute approximate surface area is 85.6 Å². The van der Waals surface area contributed by atoms with Gasteiger partial charge in [0.15, 0.2) is 0 Å². The van der Waals surface area contributed by atoms with Gasteiger partial charge in [-0.3, -0.25) is 0 Å². The predicted molar refractivity (Wildman–Crippen MR) is 60.5 cm³/mol. The van der Waals surface area contributed by atoms with Gasteiger partial charge < -0.3 is 0 Å². The van der Waals surface area contributed by atoms with Crippen LogP contribution < -0.4 is 0 Å². The fraction of sp³-hybridized carbons (Fsp3) is 0.429. The van der Waals surface area contributed by atoms with Gasteiger partial charge in [0.05, 0.1) is 0 Å². The average Bonchev–Trinajstić information content (AvgIpc) is 3.04. The highest BCUT2D eigenvalue weighted by Gasteiger charge is 2.33. The topological polar surface area (TPSA) is 0 Å². The largest absolute Gasteiger partial charge is 0.0985 e. The maximum absolute atomic E-state index is 3.92. The van der Waals surface area contributed by atoms with Crippen LogP contribution in [0.1, 0.15) is 54.2 Å². The van der Waals surface area contributed by atoms with Gasteiger partial charge in [-0.05, 0) is 54.2 Å². The van der Waals surface area contributed by atoms with Gasteiger partial charge in [-0.25, -0.2) is 0 Å². The Morgan fingerprint density at radius 3 is 2.36 bits per heavy atom. The third kappa shape index (κ3) is 1.30. The smallest absolute Gasteiger partial charge is 0.0153 e. The van der Waals surface area contributed by atoms with Gasteiger partial charge in [0.25, 0.3) is 0 Å². The Bertz CT molecular complexity index is 368. The summed E-state index contributed by atoms with van der Waals surface area (Å²) in [6, 6.07) is 6.74. The highest BCUT2D eigenvalue weighted by molar-refractivity contribution is 5.58. The first kappa shape index (κ1) is 8.28. The zero-order valence-electron chi connectivity index (χ0n) is 8.50. The molecule has 0 unspecified atom stereocenters. The Morgan fingerprint density at radius 2 is 1.79 bits per heavy atom. The van der Waals surface area contributed by atoms with Crippen molar-refractivity contribution < 1.29 is 0 Å². The van der Waals surface area contributed by atoms with Gasteiger partial charge in [0, 0.05) is 0 Å². The van der Waals surface area contributed by atoms with Crippen molar-refractivity contribution >= 4 is 6.08 Å². The molecule has 0 nitrogen and oxygen atoms in total. The van der Waals surface area contributed by atoms with Crippen molar-refractivity contribution in [2.45, 2.75) is 37.5 Å². The standard InChI is InChI=1S/C14H16/c1-2-10-4-3-5-13(11-6-7-11)14(10)12-8-9-12/h2-5,11-12H,1,6-9H2. The molecule has 14 heavy (non-hydrogen) atoms. The second kappa shape index (κ2) is 2.98. The van der Waals surface area contributed by atoms with Crippen LogP contribution in [-0.4, -0.2) is 0 Å². The van der Waals surface area contributed by atoms with Crippen LogP contribution in [0.15, 0.2) is 24.8 Å². The fourth-order valence-electron chi connectivity index (χ4n) is 2.37. The van der Waals surface area contributed by atoms with Gasteiger partial charge in [-0.1, -0.05) is 30.9 Å². The van der Waals surface area contributed by atoms with E-state index in [4.69, 9.17) is 0 Å². The molecule has 2 aliphatic rings. The molecule has 0 spiro atoms. The minimum atomic E-state index is 0.861.